The lowest BCUT2D eigenvalue weighted by molar-refractivity contribution is 0.0340. The SMILES string of the molecule is COc1ccc(C(CO)N2CCN(C)CC2C)cc1OC. The lowest BCUT2D eigenvalue weighted by Gasteiger charge is -2.42. The quantitative estimate of drug-likeness (QED) is 0.889. The van der Waals surface area contributed by atoms with E-state index in [1.807, 2.05) is 18.2 Å². The van der Waals surface area contributed by atoms with Crippen LogP contribution in [0.15, 0.2) is 18.2 Å². The predicted molar refractivity (Wildman–Crippen MR) is 83.0 cm³/mol. The van der Waals surface area contributed by atoms with E-state index in [-0.39, 0.29) is 12.6 Å². The molecule has 1 heterocycles. The molecule has 118 valence electrons. The first-order chi connectivity index (χ1) is 10.1. The number of aliphatic hydroxyl groups excluding tert-OH is 1. The Balaban J connectivity index is 2.24. The standard InChI is InChI=1S/C16H26N2O3/c1-12-10-17(2)7-8-18(12)14(11-19)13-5-6-15(20-3)16(9-13)21-4/h5-6,9,12,14,19H,7-8,10-11H2,1-4H3. The fraction of sp³-hybridized carbons (Fsp3) is 0.625. The maximum absolute atomic E-state index is 9.88. The van der Waals surface area contributed by atoms with Gasteiger partial charge in [-0.2, -0.15) is 0 Å². The third-order valence-electron chi connectivity index (χ3n) is 4.25. The molecule has 0 saturated carbocycles. The van der Waals surface area contributed by atoms with Crippen molar-refractivity contribution in [2.45, 2.75) is 19.0 Å². The monoisotopic (exact) mass is 294 g/mol. The fourth-order valence-electron chi connectivity index (χ4n) is 3.08. The van der Waals surface area contributed by atoms with Crippen molar-refractivity contribution >= 4 is 0 Å². The van der Waals surface area contributed by atoms with Crippen molar-refractivity contribution < 1.29 is 14.6 Å². The number of rotatable bonds is 5. The van der Waals surface area contributed by atoms with Gasteiger partial charge in [0.15, 0.2) is 11.5 Å². The molecular formula is C16H26N2O3. The van der Waals surface area contributed by atoms with Crippen LogP contribution in [-0.4, -0.2) is 68.5 Å². The first kappa shape index (κ1) is 16.1. The van der Waals surface area contributed by atoms with Gasteiger partial charge in [-0.1, -0.05) is 6.07 Å². The molecule has 5 heteroatoms. The Morgan fingerprint density at radius 3 is 2.52 bits per heavy atom. The molecule has 0 aliphatic carbocycles. The summed E-state index contributed by atoms with van der Waals surface area (Å²) in [6, 6.07) is 6.28. The van der Waals surface area contributed by atoms with Gasteiger partial charge in [-0.3, -0.25) is 4.90 Å². The van der Waals surface area contributed by atoms with Crippen LogP contribution in [0.1, 0.15) is 18.5 Å². The van der Waals surface area contributed by atoms with Crippen molar-refractivity contribution in [1.29, 1.82) is 0 Å². The summed E-state index contributed by atoms with van der Waals surface area (Å²) in [7, 11) is 5.40. The molecule has 1 aromatic rings. The van der Waals surface area contributed by atoms with Crippen LogP contribution in [0.2, 0.25) is 0 Å². The van der Waals surface area contributed by atoms with Crippen LogP contribution in [-0.2, 0) is 0 Å². The number of hydrogen-bond acceptors (Lipinski definition) is 5. The average molecular weight is 294 g/mol. The lowest BCUT2D eigenvalue weighted by Crippen LogP contribution is -2.52. The summed E-state index contributed by atoms with van der Waals surface area (Å²) < 4.78 is 10.6. The minimum absolute atomic E-state index is 0.00601. The molecule has 1 aliphatic heterocycles. The number of piperazine rings is 1. The third kappa shape index (κ3) is 3.48. The van der Waals surface area contributed by atoms with Gasteiger partial charge < -0.3 is 19.5 Å². The second-order valence-corrected chi connectivity index (χ2v) is 5.66. The van der Waals surface area contributed by atoms with E-state index >= 15 is 0 Å². The average Bonchev–Trinajstić information content (AvgIpc) is 2.49. The Hall–Kier alpha value is -1.30. The Bertz CT molecular complexity index is 467. The molecule has 1 aromatic carbocycles. The number of ether oxygens (including phenoxy) is 2. The van der Waals surface area contributed by atoms with Gasteiger partial charge >= 0.3 is 0 Å². The summed E-state index contributed by atoms with van der Waals surface area (Å²) in [6.45, 7) is 5.30. The van der Waals surface area contributed by atoms with E-state index in [9.17, 15) is 5.11 Å². The minimum atomic E-state index is -0.00601. The summed E-state index contributed by atoms with van der Waals surface area (Å²) in [5, 5.41) is 9.88. The summed E-state index contributed by atoms with van der Waals surface area (Å²) in [5.74, 6) is 1.42. The molecule has 21 heavy (non-hydrogen) atoms. The second-order valence-electron chi connectivity index (χ2n) is 5.66. The number of benzene rings is 1. The van der Waals surface area contributed by atoms with Crippen LogP contribution in [0.4, 0.5) is 0 Å². The van der Waals surface area contributed by atoms with Crippen molar-refractivity contribution in [3.8, 4) is 11.5 Å². The molecule has 1 N–H and O–H groups in total. The zero-order chi connectivity index (χ0) is 15.4. The van der Waals surface area contributed by atoms with Crippen LogP contribution >= 0.6 is 0 Å². The number of likely N-dealkylation sites (N-methyl/N-ethyl adjacent to an activating group) is 1. The number of aliphatic hydroxyl groups is 1. The zero-order valence-corrected chi connectivity index (χ0v) is 13.4. The Kier molecular flexibility index (Phi) is 5.45. The van der Waals surface area contributed by atoms with Crippen molar-refractivity contribution in [2.24, 2.45) is 0 Å². The maximum Gasteiger partial charge on any atom is 0.161 e. The molecule has 0 aromatic heterocycles. The van der Waals surface area contributed by atoms with Crippen molar-refractivity contribution in [3.05, 3.63) is 23.8 Å². The first-order valence-corrected chi connectivity index (χ1v) is 7.37. The van der Waals surface area contributed by atoms with Gasteiger partial charge in [0.2, 0.25) is 0 Å². The normalized spacial score (nSPS) is 22.0. The molecule has 5 nitrogen and oxygen atoms in total. The highest BCUT2D eigenvalue weighted by molar-refractivity contribution is 5.43. The van der Waals surface area contributed by atoms with Gasteiger partial charge in [-0.25, -0.2) is 0 Å². The van der Waals surface area contributed by atoms with E-state index in [0.29, 0.717) is 17.5 Å². The molecule has 2 rings (SSSR count). The number of nitrogens with zero attached hydrogens (tertiary/aromatic N) is 2. The molecule has 2 atom stereocenters. The molecule has 1 aliphatic rings. The molecule has 0 bridgehead atoms. The Morgan fingerprint density at radius 1 is 1.24 bits per heavy atom. The number of methoxy groups -OCH3 is 2. The van der Waals surface area contributed by atoms with E-state index in [2.05, 4.69) is 23.8 Å². The van der Waals surface area contributed by atoms with Crippen LogP contribution in [0.3, 0.4) is 0 Å². The largest absolute Gasteiger partial charge is 0.493 e. The van der Waals surface area contributed by atoms with Crippen LogP contribution < -0.4 is 9.47 Å². The molecule has 1 fully saturated rings. The van der Waals surface area contributed by atoms with Crippen LogP contribution in [0.5, 0.6) is 11.5 Å². The Morgan fingerprint density at radius 2 is 1.95 bits per heavy atom. The minimum Gasteiger partial charge on any atom is -0.493 e. The first-order valence-electron chi connectivity index (χ1n) is 7.37. The summed E-state index contributed by atoms with van der Waals surface area (Å²) in [5.41, 5.74) is 1.06. The van der Waals surface area contributed by atoms with Crippen molar-refractivity contribution in [1.82, 2.24) is 9.80 Å². The van der Waals surface area contributed by atoms with Gasteiger partial charge in [0, 0.05) is 25.7 Å². The summed E-state index contributed by atoms with van der Waals surface area (Å²) >= 11 is 0. The summed E-state index contributed by atoms with van der Waals surface area (Å²) in [4.78, 5) is 4.69. The number of hydrogen-bond donors (Lipinski definition) is 1. The van der Waals surface area contributed by atoms with Gasteiger partial charge in [-0.15, -0.1) is 0 Å². The van der Waals surface area contributed by atoms with Crippen LogP contribution in [0, 0.1) is 0 Å². The second kappa shape index (κ2) is 7.11. The predicted octanol–water partition coefficient (Wildman–Crippen LogP) is 1.37. The highest BCUT2D eigenvalue weighted by Gasteiger charge is 2.29. The highest BCUT2D eigenvalue weighted by Crippen LogP contribution is 2.33. The third-order valence-corrected chi connectivity index (χ3v) is 4.25. The smallest absolute Gasteiger partial charge is 0.161 e. The van der Waals surface area contributed by atoms with Gasteiger partial charge in [0.05, 0.1) is 26.9 Å². The van der Waals surface area contributed by atoms with Crippen molar-refractivity contribution in [3.63, 3.8) is 0 Å². The van der Waals surface area contributed by atoms with E-state index < -0.39 is 0 Å². The maximum atomic E-state index is 9.88. The molecule has 1 saturated heterocycles. The van der Waals surface area contributed by atoms with Gasteiger partial charge in [0.1, 0.15) is 0 Å². The van der Waals surface area contributed by atoms with Crippen LogP contribution in [0.25, 0.3) is 0 Å². The lowest BCUT2D eigenvalue weighted by atomic mass is 10.0. The molecule has 0 radical (unpaired) electrons. The summed E-state index contributed by atoms with van der Waals surface area (Å²) in [6.07, 6.45) is 0. The zero-order valence-electron chi connectivity index (χ0n) is 13.4. The fourth-order valence-corrected chi connectivity index (χ4v) is 3.08. The highest BCUT2D eigenvalue weighted by atomic mass is 16.5. The molecule has 0 amide bonds. The Labute approximate surface area is 127 Å². The van der Waals surface area contributed by atoms with Gasteiger partial charge in [0.25, 0.3) is 0 Å². The van der Waals surface area contributed by atoms with E-state index in [4.69, 9.17) is 9.47 Å². The molecule has 2 unspecified atom stereocenters. The van der Waals surface area contributed by atoms with Crippen molar-refractivity contribution in [2.75, 3.05) is 47.5 Å². The topological polar surface area (TPSA) is 45.2 Å². The molecule has 0 spiro atoms. The van der Waals surface area contributed by atoms with E-state index in [1.54, 1.807) is 14.2 Å². The van der Waals surface area contributed by atoms with E-state index in [1.165, 1.54) is 0 Å². The van der Waals surface area contributed by atoms with E-state index in [0.717, 1.165) is 25.2 Å². The van der Waals surface area contributed by atoms with Gasteiger partial charge in [-0.05, 0) is 31.7 Å². The molecular weight excluding hydrogens is 268 g/mol.